The van der Waals surface area contributed by atoms with Gasteiger partial charge < -0.3 is 19.8 Å². The molecule has 0 fully saturated rings. The van der Waals surface area contributed by atoms with Crippen LogP contribution in [0.2, 0.25) is 0 Å². The predicted octanol–water partition coefficient (Wildman–Crippen LogP) is 9.02. The van der Waals surface area contributed by atoms with Gasteiger partial charge in [0, 0.05) is 6.42 Å². The van der Waals surface area contributed by atoms with Crippen molar-refractivity contribution < 1.29 is 32.9 Å². The molecule has 0 aliphatic carbocycles. The van der Waals surface area contributed by atoms with Crippen LogP contribution in [0.25, 0.3) is 0 Å². The molecule has 0 aromatic carbocycles. The summed E-state index contributed by atoms with van der Waals surface area (Å²) in [6.45, 7) is 4.78. The average Bonchev–Trinajstić information content (AvgIpc) is 2.97. The molecular formula is C36H72N2O6P+. The molecule has 1 unspecified atom stereocenters. The first-order valence-corrected chi connectivity index (χ1v) is 19.7. The van der Waals surface area contributed by atoms with Gasteiger partial charge in [-0.15, -0.1) is 0 Å². The zero-order valence-corrected chi connectivity index (χ0v) is 30.8. The number of phosphoric acid groups is 1. The van der Waals surface area contributed by atoms with E-state index < -0.39 is 20.0 Å². The van der Waals surface area contributed by atoms with E-state index in [1.54, 1.807) is 0 Å². The van der Waals surface area contributed by atoms with Gasteiger partial charge in [0.05, 0.1) is 39.9 Å². The molecule has 0 spiro atoms. The Labute approximate surface area is 277 Å². The van der Waals surface area contributed by atoms with E-state index in [0.717, 1.165) is 57.8 Å². The second-order valence-electron chi connectivity index (χ2n) is 13.6. The van der Waals surface area contributed by atoms with E-state index in [1.165, 1.54) is 64.2 Å². The maximum absolute atomic E-state index is 12.7. The number of nitrogens with one attached hydrogen (secondary N) is 1. The van der Waals surface area contributed by atoms with Crippen molar-refractivity contribution in [3.8, 4) is 0 Å². The molecule has 0 saturated heterocycles. The van der Waals surface area contributed by atoms with Crippen molar-refractivity contribution in [1.29, 1.82) is 0 Å². The molecule has 0 rings (SSSR count). The predicted molar refractivity (Wildman–Crippen MR) is 189 cm³/mol. The smallest absolute Gasteiger partial charge is 0.391 e. The van der Waals surface area contributed by atoms with E-state index in [2.05, 4.69) is 43.5 Å². The number of aliphatic hydroxyl groups is 1. The van der Waals surface area contributed by atoms with Crippen molar-refractivity contribution in [1.82, 2.24) is 5.32 Å². The highest BCUT2D eigenvalue weighted by Crippen LogP contribution is 2.43. The Morgan fingerprint density at radius 3 is 1.71 bits per heavy atom. The summed E-state index contributed by atoms with van der Waals surface area (Å²) < 4.78 is 23.4. The van der Waals surface area contributed by atoms with E-state index in [1.807, 2.05) is 21.1 Å². The van der Waals surface area contributed by atoms with Gasteiger partial charge in [-0.05, 0) is 64.2 Å². The van der Waals surface area contributed by atoms with E-state index >= 15 is 0 Å². The van der Waals surface area contributed by atoms with Gasteiger partial charge in [-0.1, -0.05) is 102 Å². The molecule has 0 aromatic heterocycles. The van der Waals surface area contributed by atoms with Gasteiger partial charge in [0.2, 0.25) is 5.91 Å². The summed E-state index contributed by atoms with van der Waals surface area (Å²) in [6, 6.07) is -0.775. The molecule has 0 aliphatic heterocycles. The lowest BCUT2D eigenvalue weighted by Gasteiger charge is -2.26. The number of nitrogens with zero attached hydrogens (tertiary/aromatic N) is 1. The topological polar surface area (TPSA) is 105 Å². The Bertz CT molecular complexity index is 799. The Kier molecular flexibility index (Phi) is 28.5. The van der Waals surface area contributed by atoms with Crippen molar-refractivity contribution in [2.45, 2.75) is 161 Å². The lowest BCUT2D eigenvalue weighted by atomic mass is 10.0. The Morgan fingerprint density at radius 2 is 1.20 bits per heavy atom. The molecule has 8 nitrogen and oxygen atoms in total. The zero-order chi connectivity index (χ0) is 33.7. The minimum atomic E-state index is -4.31. The van der Waals surface area contributed by atoms with E-state index in [-0.39, 0.29) is 19.1 Å². The summed E-state index contributed by atoms with van der Waals surface area (Å²) in [7, 11) is 1.59. The fraction of sp³-hybridized carbons (Fsp3) is 0.861. The average molecular weight is 660 g/mol. The molecular weight excluding hydrogens is 587 g/mol. The molecule has 266 valence electrons. The molecule has 0 aliphatic rings. The van der Waals surface area contributed by atoms with Gasteiger partial charge in [0.25, 0.3) is 0 Å². The van der Waals surface area contributed by atoms with Crippen molar-refractivity contribution in [3.05, 3.63) is 24.3 Å². The number of unbranched alkanes of at least 4 members (excludes halogenated alkanes) is 15. The lowest BCUT2D eigenvalue weighted by Crippen LogP contribution is -2.46. The third-order valence-corrected chi connectivity index (χ3v) is 8.91. The van der Waals surface area contributed by atoms with E-state index in [0.29, 0.717) is 23.9 Å². The third-order valence-electron chi connectivity index (χ3n) is 7.92. The number of phosphoric ester groups is 1. The molecule has 0 aromatic rings. The Hall–Kier alpha value is -1.02. The van der Waals surface area contributed by atoms with Crippen LogP contribution in [0.1, 0.15) is 149 Å². The van der Waals surface area contributed by atoms with Crippen LogP contribution < -0.4 is 5.32 Å². The molecule has 1 amide bonds. The zero-order valence-electron chi connectivity index (χ0n) is 29.9. The van der Waals surface area contributed by atoms with Gasteiger partial charge in [-0.2, -0.15) is 0 Å². The first kappa shape index (κ1) is 44.0. The molecule has 45 heavy (non-hydrogen) atoms. The van der Waals surface area contributed by atoms with Crippen molar-refractivity contribution in [3.63, 3.8) is 0 Å². The highest BCUT2D eigenvalue weighted by Gasteiger charge is 2.28. The monoisotopic (exact) mass is 660 g/mol. The van der Waals surface area contributed by atoms with Gasteiger partial charge in [0.1, 0.15) is 13.2 Å². The van der Waals surface area contributed by atoms with Crippen molar-refractivity contribution >= 4 is 13.7 Å². The second kappa shape index (κ2) is 29.1. The summed E-state index contributed by atoms with van der Waals surface area (Å²) in [6.07, 6.45) is 30.6. The number of carbonyl (C=O) groups excluding carboxylic acids is 1. The summed E-state index contributed by atoms with van der Waals surface area (Å²) in [5.41, 5.74) is 0. The molecule has 0 radical (unpaired) electrons. The maximum Gasteiger partial charge on any atom is 0.472 e. The molecule has 3 atom stereocenters. The SMILES string of the molecule is CCCCCC/C=C/CCCCCCCC(=O)N[C@@H](COP(=O)(O)OCC[N+](C)(C)C)[C@H](O)CCCC/C=C/CCCCCC. The van der Waals surface area contributed by atoms with Crippen LogP contribution in [0.15, 0.2) is 24.3 Å². The number of quaternary nitrogens is 1. The van der Waals surface area contributed by atoms with Crippen molar-refractivity contribution in [2.24, 2.45) is 0 Å². The van der Waals surface area contributed by atoms with Crippen LogP contribution in [0.5, 0.6) is 0 Å². The van der Waals surface area contributed by atoms with Crippen molar-refractivity contribution in [2.75, 3.05) is 40.9 Å². The normalized spacial score (nSPS) is 15.1. The van der Waals surface area contributed by atoms with Crippen LogP contribution in [-0.4, -0.2) is 73.4 Å². The quantitative estimate of drug-likeness (QED) is 0.0288. The number of carbonyl (C=O) groups is 1. The number of hydrogen-bond donors (Lipinski definition) is 3. The van der Waals surface area contributed by atoms with Crippen LogP contribution in [0.3, 0.4) is 0 Å². The number of hydrogen-bond acceptors (Lipinski definition) is 5. The second-order valence-corrected chi connectivity index (χ2v) is 15.0. The molecule has 0 bridgehead atoms. The molecule has 0 heterocycles. The summed E-state index contributed by atoms with van der Waals surface area (Å²) in [5, 5.41) is 13.8. The fourth-order valence-electron chi connectivity index (χ4n) is 4.91. The first-order valence-electron chi connectivity index (χ1n) is 18.2. The minimum absolute atomic E-state index is 0.0678. The lowest BCUT2D eigenvalue weighted by molar-refractivity contribution is -0.870. The van der Waals surface area contributed by atoms with Crippen LogP contribution >= 0.6 is 7.82 Å². The van der Waals surface area contributed by atoms with E-state index in [4.69, 9.17) is 9.05 Å². The standard InChI is InChI=1S/C36H71N2O6P/c1-6-8-10-12-14-16-18-19-20-22-24-26-28-30-36(40)37-34(33-44-45(41,42)43-32-31-38(3,4)5)35(39)29-27-25-23-21-17-15-13-11-9-7-2/h16-18,21,34-35,39H,6-15,19-20,22-33H2,1-5H3,(H-,37,40,41,42)/p+1/b18-16+,21-17+/t34-,35+/m0/s1. The number of rotatable bonds is 32. The highest BCUT2D eigenvalue weighted by molar-refractivity contribution is 7.47. The van der Waals surface area contributed by atoms with Crippen LogP contribution in [0.4, 0.5) is 0 Å². The first-order chi connectivity index (χ1) is 21.5. The maximum atomic E-state index is 12.7. The summed E-state index contributed by atoms with van der Waals surface area (Å²) in [4.78, 5) is 22.9. The van der Waals surface area contributed by atoms with Crippen LogP contribution in [-0.2, 0) is 18.4 Å². The number of likely N-dealkylation sites (N-methyl/N-ethyl adjacent to an activating group) is 1. The van der Waals surface area contributed by atoms with Gasteiger partial charge in [-0.25, -0.2) is 4.57 Å². The van der Waals surface area contributed by atoms with Gasteiger partial charge in [0.15, 0.2) is 0 Å². The van der Waals surface area contributed by atoms with Gasteiger partial charge >= 0.3 is 7.82 Å². The molecule has 9 heteroatoms. The third kappa shape index (κ3) is 31.4. The minimum Gasteiger partial charge on any atom is -0.391 e. The number of aliphatic hydroxyl groups excluding tert-OH is 1. The van der Waals surface area contributed by atoms with Gasteiger partial charge in [-0.3, -0.25) is 13.8 Å². The number of amides is 1. The number of allylic oxidation sites excluding steroid dienone is 4. The summed E-state index contributed by atoms with van der Waals surface area (Å²) >= 11 is 0. The van der Waals surface area contributed by atoms with E-state index in [9.17, 15) is 19.4 Å². The molecule has 3 N–H and O–H groups in total. The Morgan fingerprint density at radius 1 is 0.733 bits per heavy atom. The summed E-state index contributed by atoms with van der Waals surface area (Å²) in [5.74, 6) is -0.168. The highest BCUT2D eigenvalue weighted by atomic mass is 31.2. The Balaban J connectivity index is 4.55. The molecule has 0 saturated carbocycles. The van der Waals surface area contributed by atoms with Crippen LogP contribution in [0, 0.1) is 0 Å². The fourth-order valence-corrected chi connectivity index (χ4v) is 5.65. The largest absolute Gasteiger partial charge is 0.472 e.